The average Bonchev–Trinajstić information content (AvgIpc) is 2.90. The van der Waals surface area contributed by atoms with E-state index < -0.39 is 5.82 Å². The van der Waals surface area contributed by atoms with Crippen LogP contribution in [0.3, 0.4) is 0 Å². The maximum Gasteiger partial charge on any atom is 0.141 e. The third-order valence-electron chi connectivity index (χ3n) is 3.48. The molecule has 0 saturated carbocycles. The van der Waals surface area contributed by atoms with E-state index in [1.54, 1.807) is 18.4 Å². The van der Waals surface area contributed by atoms with Gasteiger partial charge in [0.15, 0.2) is 0 Å². The molecule has 3 rings (SSSR count). The first kappa shape index (κ1) is 11.8. The van der Waals surface area contributed by atoms with Crippen molar-refractivity contribution in [3.05, 3.63) is 53.2 Å². The molecular formula is C15H13FN2O. The van der Waals surface area contributed by atoms with Gasteiger partial charge in [-0.15, -0.1) is 0 Å². The number of rotatable bonds is 2. The van der Waals surface area contributed by atoms with Crippen LogP contribution in [-0.4, -0.2) is 0 Å². The van der Waals surface area contributed by atoms with Gasteiger partial charge in [-0.05, 0) is 37.1 Å². The molecule has 1 N–H and O–H groups in total. The third-order valence-corrected chi connectivity index (χ3v) is 3.48. The van der Waals surface area contributed by atoms with Crippen LogP contribution in [0.15, 0.2) is 34.9 Å². The molecule has 0 radical (unpaired) electrons. The molecule has 1 unspecified atom stereocenters. The summed E-state index contributed by atoms with van der Waals surface area (Å²) in [7, 11) is 0. The molecule has 3 nitrogen and oxygen atoms in total. The van der Waals surface area contributed by atoms with Crippen molar-refractivity contribution in [1.29, 1.82) is 5.26 Å². The SMILES string of the molecule is N#Cc1cc(NC2CCCc3occc32)ccc1F. The van der Waals surface area contributed by atoms with Gasteiger partial charge < -0.3 is 9.73 Å². The third kappa shape index (κ3) is 2.19. The average molecular weight is 256 g/mol. The van der Waals surface area contributed by atoms with E-state index in [0.717, 1.165) is 36.3 Å². The molecule has 1 aliphatic rings. The Morgan fingerprint density at radius 3 is 3.11 bits per heavy atom. The number of benzene rings is 1. The van der Waals surface area contributed by atoms with E-state index in [4.69, 9.17) is 9.68 Å². The predicted molar refractivity (Wildman–Crippen MR) is 69.1 cm³/mol. The summed E-state index contributed by atoms with van der Waals surface area (Å²) >= 11 is 0. The minimum atomic E-state index is -0.485. The fourth-order valence-electron chi connectivity index (χ4n) is 2.54. The van der Waals surface area contributed by atoms with E-state index in [2.05, 4.69) is 5.32 Å². The van der Waals surface area contributed by atoms with Crippen molar-refractivity contribution in [3.63, 3.8) is 0 Å². The van der Waals surface area contributed by atoms with Crippen LogP contribution >= 0.6 is 0 Å². The van der Waals surface area contributed by atoms with Crippen molar-refractivity contribution in [2.45, 2.75) is 25.3 Å². The second kappa shape index (κ2) is 4.77. The number of nitrogens with one attached hydrogen (secondary N) is 1. The second-order valence-corrected chi connectivity index (χ2v) is 4.69. The lowest BCUT2D eigenvalue weighted by molar-refractivity contribution is 0.461. The summed E-state index contributed by atoms with van der Waals surface area (Å²) in [5.41, 5.74) is 1.99. The number of halogens is 1. The summed E-state index contributed by atoms with van der Waals surface area (Å²) in [5, 5.41) is 12.2. The zero-order valence-corrected chi connectivity index (χ0v) is 10.3. The van der Waals surface area contributed by atoms with E-state index in [9.17, 15) is 4.39 Å². The van der Waals surface area contributed by atoms with Crippen LogP contribution in [0.1, 0.15) is 35.8 Å². The Bertz CT molecular complexity index is 642. The standard InChI is InChI=1S/C15H13FN2O/c16-13-5-4-11(8-10(13)9-17)18-14-2-1-3-15-12(14)6-7-19-15/h4-8,14,18H,1-3H2. The van der Waals surface area contributed by atoms with Crippen LogP contribution in [-0.2, 0) is 6.42 Å². The zero-order valence-electron chi connectivity index (χ0n) is 10.3. The highest BCUT2D eigenvalue weighted by molar-refractivity contribution is 5.51. The van der Waals surface area contributed by atoms with Crippen LogP contribution in [0.25, 0.3) is 0 Å². The number of fused-ring (bicyclic) bond motifs is 1. The van der Waals surface area contributed by atoms with Crippen molar-refractivity contribution in [1.82, 2.24) is 0 Å². The fraction of sp³-hybridized carbons (Fsp3) is 0.267. The van der Waals surface area contributed by atoms with Crippen LogP contribution in [0.4, 0.5) is 10.1 Å². The summed E-state index contributed by atoms with van der Waals surface area (Å²) < 4.78 is 18.7. The lowest BCUT2D eigenvalue weighted by Gasteiger charge is -2.23. The molecule has 0 saturated heterocycles. The van der Waals surface area contributed by atoms with Crippen molar-refractivity contribution < 1.29 is 8.81 Å². The molecule has 1 atom stereocenters. The molecular weight excluding hydrogens is 243 g/mol. The van der Waals surface area contributed by atoms with Crippen LogP contribution in [0.2, 0.25) is 0 Å². The van der Waals surface area contributed by atoms with Crippen LogP contribution in [0.5, 0.6) is 0 Å². The molecule has 0 fully saturated rings. The van der Waals surface area contributed by atoms with Gasteiger partial charge in [0.05, 0.1) is 17.9 Å². The van der Waals surface area contributed by atoms with E-state index in [1.807, 2.05) is 12.1 Å². The minimum Gasteiger partial charge on any atom is -0.469 e. The highest BCUT2D eigenvalue weighted by Crippen LogP contribution is 2.33. The van der Waals surface area contributed by atoms with Crippen molar-refractivity contribution in [3.8, 4) is 6.07 Å². The molecule has 96 valence electrons. The molecule has 4 heteroatoms. The number of aryl methyl sites for hydroxylation is 1. The van der Waals surface area contributed by atoms with E-state index in [0.29, 0.717) is 0 Å². The van der Waals surface area contributed by atoms with Gasteiger partial charge in [0.25, 0.3) is 0 Å². The molecule has 1 aromatic carbocycles. The first-order valence-electron chi connectivity index (χ1n) is 6.30. The first-order valence-corrected chi connectivity index (χ1v) is 6.30. The molecule has 0 spiro atoms. The lowest BCUT2D eigenvalue weighted by Crippen LogP contribution is -2.16. The topological polar surface area (TPSA) is 49.0 Å². The maximum atomic E-state index is 13.3. The van der Waals surface area contributed by atoms with Gasteiger partial charge in [0.2, 0.25) is 0 Å². The van der Waals surface area contributed by atoms with Gasteiger partial charge >= 0.3 is 0 Å². The summed E-state index contributed by atoms with van der Waals surface area (Å²) in [6, 6.07) is 8.51. The minimum absolute atomic E-state index is 0.0632. The number of hydrogen-bond acceptors (Lipinski definition) is 3. The normalized spacial score (nSPS) is 17.6. The molecule has 1 aromatic heterocycles. The number of anilines is 1. The van der Waals surface area contributed by atoms with Gasteiger partial charge in [-0.25, -0.2) is 4.39 Å². The highest BCUT2D eigenvalue weighted by Gasteiger charge is 2.22. The van der Waals surface area contributed by atoms with Crippen LogP contribution in [0, 0.1) is 17.1 Å². The molecule has 1 aliphatic carbocycles. The van der Waals surface area contributed by atoms with Gasteiger partial charge in [-0.1, -0.05) is 0 Å². The Hall–Kier alpha value is -2.28. The van der Waals surface area contributed by atoms with E-state index in [1.165, 1.54) is 6.07 Å². The Kier molecular flexibility index (Phi) is 2.96. The monoisotopic (exact) mass is 256 g/mol. The Morgan fingerprint density at radius 1 is 1.37 bits per heavy atom. The summed E-state index contributed by atoms with van der Waals surface area (Å²) in [4.78, 5) is 0. The molecule has 1 heterocycles. The van der Waals surface area contributed by atoms with Crippen LogP contribution < -0.4 is 5.32 Å². The smallest absolute Gasteiger partial charge is 0.141 e. The molecule has 19 heavy (non-hydrogen) atoms. The number of furan rings is 1. The van der Waals surface area contributed by atoms with Crippen molar-refractivity contribution in [2.75, 3.05) is 5.32 Å². The van der Waals surface area contributed by atoms with Gasteiger partial charge in [0, 0.05) is 17.7 Å². The zero-order chi connectivity index (χ0) is 13.2. The Morgan fingerprint density at radius 2 is 2.26 bits per heavy atom. The molecule has 0 bridgehead atoms. The summed E-state index contributed by atoms with van der Waals surface area (Å²) in [6.45, 7) is 0. The second-order valence-electron chi connectivity index (χ2n) is 4.69. The first-order chi connectivity index (χ1) is 9.28. The quantitative estimate of drug-likeness (QED) is 0.889. The van der Waals surface area contributed by atoms with E-state index >= 15 is 0 Å². The number of nitriles is 1. The maximum absolute atomic E-state index is 13.3. The van der Waals surface area contributed by atoms with Crippen molar-refractivity contribution >= 4 is 5.69 Å². The van der Waals surface area contributed by atoms with Gasteiger partial charge in [-0.3, -0.25) is 0 Å². The Labute approximate surface area is 110 Å². The van der Waals surface area contributed by atoms with Gasteiger partial charge in [0.1, 0.15) is 17.6 Å². The molecule has 0 aliphatic heterocycles. The largest absolute Gasteiger partial charge is 0.469 e. The van der Waals surface area contributed by atoms with E-state index in [-0.39, 0.29) is 11.6 Å². The van der Waals surface area contributed by atoms with Gasteiger partial charge in [-0.2, -0.15) is 5.26 Å². The summed E-state index contributed by atoms with van der Waals surface area (Å²) in [5.74, 6) is 0.534. The number of nitrogens with zero attached hydrogens (tertiary/aromatic N) is 1. The van der Waals surface area contributed by atoms with Crippen molar-refractivity contribution in [2.24, 2.45) is 0 Å². The highest BCUT2D eigenvalue weighted by atomic mass is 19.1. The lowest BCUT2D eigenvalue weighted by atomic mass is 9.93. The number of hydrogen-bond donors (Lipinski definition) is 1. The molecule has 0 amide bonds. The molecule has 2 aromatic rings. The Balaban J connectivity index is 1.86. The predicted octanol–water partition coefficient (Wildman–Crippen LogP) is 3.78. The summed E-state index contributed by atoms with van der Waals surface area (Å²) in [6.07, 6.45) is 4.74. The fourth-order valence-corrected chi connectivity index (χ4v) is 2.54.